The highest BCUT2D eigenvalue weighted by Gasteiger charge is 2.18. The van der Waals surface area contributed by atoms with Crippen molar-refractivity contribution in [2.24, 2.45) is 0 Å². The Bertz CT molecular complexity index is 1050. The van der Waals surface area contributed by atoms with E-state index < -0.39 is 5.91 Å². The van der Waals surface area contributed by atoms with Crippen LogP contribution in [0.5, 0.6) is 0 Å². The number of nitrogens with one attached hydrogen (secondary N) is 2. The van der Waals surface area contributed by atoms with Gasteiger partial charge in [-0.2, -0.15) is 4.98 Å². The summed E-state index contributed by atoms with van der Waals surface area (Å²) in [5, 5.41) is 6.55. The normalized spacial score (nSPS) is 13.0. The average molecular weight is 429 g/mol. The minimum Gasteiger partial charge on any atom is -0.341 e. The molecule has 0 spiro atoms. The lowest BCUT2D eigenvalue weighted by Crippen LogP contribution is -2.38. The molecule has 2 N–H and O–H groups in total. The summed E-state index contributed by atoms with van der Waals surface area (Å²) in [6.07, 6.45) is 2.75. The quantitative estimate of drug-likeness (QED) is 0.612. The van der Waals surface area contributed by atoms with Crippen LogP contribution >= 0.6 is 23.2 Å². The standard InChI is InChI=1S/C20H18Cl2N6O/c1-12-10-17(27-20(24-12)28-8-3-9-28)26-16-11-13(6-7-23-16)25-19(29)18-14(21)4-2-5-15(18)22/h2,4-7,10-11H,3,8-9H2,1H3,(H2,23,24,25,26,27,29). The minimum absolute atomic E-state index is 0.229. The summed E-state index contributed by atoms with van der Waals surface area (Å²) in [5.74, 6) is 1.50. The fourth-order valence-electron chi connectivity index (χ4n) is 2.89. The number of benzene rings is 1. The zero-order valence-electron chi connectivity index (χ0n) is 15.6. The fourth-order valence-corrected chi connectivity index (χ4v) is 3.46. The van der Waals surface area contributed by atoms with Crippen LogP contribution in [0, 0.1) is 6.92 Å². The zero-order valence-corrected chi connectivity index (χ0v) is 17.1. The van der Waals surface area contributed by atoms with Crippen LogP contribution in [0.4, 0.5) is 23.3 Å². The van der Waals surface area contributed by atoms with E-state index in [0.29, 0.717) is 23.3 Å². The number of amides is 1. The number of nitrogens with zero attached hydrogens (tertiary/aromatic N) is 4. The lowest BCUT2D eigenvalue weighted by molar-refractivity contribution is 0.102. The van der Waals surface area contributed by atoms with Crippen LogP contribution in [0.15, 0.2) is 42.6 Å². The Morgan fingerprint density at radius 2 is 1.83 bits per heavy atom. The van der Waals surface area contributed by atoms with Gasteiger partial charge in [0.15, 0.2) is 0 Å². The molecule has 1 aliphatic heterocycles. The van der Waals surface area contributed by atoms with Crippen molar-refractivity contribution in [1.29, 1.82) is 0 Å². The first-order valence-electron chi connectivity index (χ1n) is 9.09. The first-order valence-corrected chi connectivity index (χ1v) is 9.84. The number of hydrogen-bond acceptors (Lipinski definition) is 6. The second-order valence-electron chi connectivity index (χ2n) is 6.64. The number of hydrogen-bond donors (Lipinski definition) is 2. The van der Waals surface area contributed by atoms with E-state index in [-0.39, 0.29) is 15.6 Å². The average Bonchev–Trinajstić information content (AvgIpc) is 2.60. The van der Waals surface area contributed by atoms with Gasteiger partial charge in [0, 0.05) is 42.8 Å². The Morgan fingerprint density at radius 1 is 1.07 bits per heavy atom. The van der Waals surface area contributed by atoms with Crippen LogP contribution in [0.25, 0.3) is 0 Å². The molecule has 9 heteroatoms. The van der Waals surface area contributed by atoms with Gasteiger partial charge >= 0.3 is 0 Å². The minimum atomic E-state index is -0.393. The molecule has 1 aliphatic rings. The van der Waals surface area contributed by atoms with Gasteiger partial charge in [-0.3, -0.25) is 4.79 Å². The topological polar surface area (TPSA) is 83.0 Å². The summed E-state index contributed by atoms with van der Waals surface area (Å²) >= 11 is 12.2. The molecular formula is C20H18Cl2N6O. The highest BCUT2D eigenvalue weighted by atomic mass is 35.5. The molecule has 0 radical (unpaired) electrons. The molecular weight excluding hydrogens is 411 g/mol. The van der Waals surface area contributed by atoms with E-state index in [0.717, 1.165) is 25.2 Å². The second kappa shape index (κ2) is 8.23. The van der Waals surface area contributed by atoms with E-state index in [4.69, 9.17) is 23.2 Å². The third-order valence-electron chi connectivity index (χ3n) is 4.45. The number of rotatable bonds is 5. The van der Waals surface area contributed by atoms with Crippen LogP contribution in [0.3, 0.4) is 0 Å². The van der Waals surface area contributed by atoms with Gasteiger partial charge < -0.3 is 15.5 Å². The summed E-state index contributed by atoms with van der Waals surface area (Å²) < 4.78 is 0. The smallest absolute Gasteiger partial charge is 0.258 e. The van der Waals surface area contributed by atoms with Crippen molar-refractivity contribution in [3.8, 4) is 0 Å². The van der Waals surface area contributed by atoms with Crippen LogP contribution < -0.4 is 15.5 Å². The molecule has 148 valence electrons. The Labute approximate surface area is 178 Å². The van der Waals surface area contributed by atoms with Crippen molar-refractivity contribution in [3.05, 3.63) is 63.9 Å². The highest BCUT2D eigenvalue weighted by Crippen LogP contribution is 2.26. The van der Waals surface area contributed by atoms with E-state index in [2.05, 4.69) is 30.5 Å². The van der Waals surface area contributed by atoms with E-state index in [9.17, 15) is 4.79 Å². The first kappa shape index (κ1) is 19.4. The van der Waals surface area contributed by atoms with E-state index >= 15 is 0 Å². The van der Waals surface area contributed by atoms with Gasteiger partial charge in [-0.25, -0.2) is 9.97 Å². The molecule has 1 amide bonds. The molecule has 2 aromatic heterocycles. The van der Waals surface area contributed by atoms with E-state index in [1.54, 1.807) is 36.5 Å². The zero-order chi connectivity index (χ0) is 20.4. The molecule has 0 saturated carbocycles. The van der Waals surface area contributed by atoms with Crippen LogP contribution in [-0.4, -0.2) is 33.9 Å². The molecule has 0 unspecified atom stereocenters. The van der Waals surface area contributed by atoms with Crippen LogP contribution in [0.2, 0.25) is 10.0 Å². The molecule has 0 atom stereocenters. The monoisotopic (exact) mass is 428 g/mol. The lowest BCUT2D eigenvalue weighted by Gasteiger charge is -2.31. The van der Waals surface area contributed by atoms with E-state index in [1.165, 1.54) is 0 Å². The number of aryl methyl sites for hydroxylation is 1. The molecule has 7 nitrogen and oxygen atoms in total. The number of carbonyl (C=O) groups excluding carboxylic acids is 1. The van der Waals surface area contributed by atoms with Gasteiger partial charge in [-0.15, -0.1) is 0 Å². The molecule has 0 aliphatic carbocycles. The summed E-state index contributed by atoms with van der Waals surface area (Å²) in [5.41, 5.74) is 1.65. The number of aromatic nitrogens is 3. The Kier molecular flexibility index (Phi) is 5.51. The summed E-state index contributed by atoms with van der Waals surface area (Å²) in [6, 6.07) is 10.2. The Morgan fingerprint density at radius 3 is 2.52 bits per heavy atom. The van der Waals surface area contributed by atoms with Gasteiger partial charge in [0.1, 0.15) is 11.6 Å². The van der Waals surface area contributed by atoms with E-state index in [1.807, 2.05) is 13.0 Å². The van der Waals surface area contributed by atoms with Gasteiger partial charge in [-0.1, -0.05) is 29.3 Å². The highest BCUT2D eigenvalue weighted by molar-refractivity contribution is 6.40. The maximum atomic E-state index is 12.6. The summed E-state index contributed by atoms with van der Waals surface area (Å²) in [7, 11) is 0. The predicted octanol–water partition coefficient (Wildman–Crippen LogP) is 4.69. The Balaban J connectivity index is 1.52. The molecule has 3 aromatic rings. The first-order chi connectivity index (χ1) is 14.0. The SMILES string of the molecule is Cc1cc(Nc2cc(NC(=O)c3c(Cl)cccc3Cl)ccn2)nc(N2CCC2)n1. The predicted molar refractivity (Wildman–Crippen MR) is 116 cm³/mol. The number of anilines is 4. The second-order valence-corrected chi connectivity index (χ2v) is 7.46. The van der Waals surface area contributed by atoms with Crippen LogP contribution in [0.1, 0.15) is 22.5 Å². The third-order valence-corrected chi connectivity index (χ3v) is 5.08. The van der Waals surface area contributed by atoms with Crippen molar-refractivity contribution >= 4 is 52.4 Å². The van der Waals surface area contributed by atoms with Gasteiger partial charge in [-0.05, 0) is 31.5 Å². The van der Waals surface area contributed by atoms with Gasteiger partial charge in [0.2, 0.25) is 5.95 Å². The molecule has 4 rings (SSSR count). The largest absolute Gasteiger partial charge is 0.341 e. The van der Waals surface area contributed by atoms with Crippen molar-refractivity contribution < 1.29 is 4.79 Å². The van der Waals surface area contributed by atoms with Gasteiger partial charge in [0.25, 0.3) is 5.91 Å². The fraction of sp³-hybridized carbons (Fsp3) is 0.200. The van der Waals surface area contributed by atoms with Crippen molar-refractivity contribution in [2.45, 2.75) is 13.3 Å². The maximum Gasteiger partial charge on any atom is 0.258 e. The molecule has 1 aromatic carbocycles. The van der Waals surface area contributed by atoms with Gasteiger partial charge in [0.05, 0.1) is 15.6 Å². The molecule has 3 heterocycles. The number of pyridine rings is 1. The maximum absolute atomic E-state index is 12.6. The number of carbonyl (C=O) groups is 1. The number of halogens is 2. The molecule has 1 saturated heterocycles. The Hall–Kier alpha value is -2.90. The summed E-state index contributed by atoms with van der Waals surface area (Å²) in [4.78, 5) is 28.0. The molecule has 0 bridgehead atoms. The van der Waals surface area contributed by atoms with Crippen molar-refractivity contribution in [1.82, 2.24) is 15.0 Å². The molecule has 1 fully saturated rings. The summed E-state index contributed by atoms with van der Waals surface area (Å²) in [6.45, 7) is 3.86. The lowest BCUT2D eigenvalue weighted by atomic mass is 10.2. The van der Waals surface area contributed by atoms with Crippen LogP contribution in [-0.2, 0) is 0 Å². The van der Waals surface area contributed by atoms with Crippen molar-refractivity contribution in [3.63, 3.8) is 0 Å². The van der Waals surface area contributed by atoms with Crippen molar-refractivity contribution in [2.75, 3.05) is 28.6 Å². The molecule has 29 heavy (non-hydrogen) atoms. The third kappa shape index (κ3) is 4.41.